The molecule has 1 N–H and O–H groups in total. The molecule has 1 aliphatic rings. The smallest absolute Gasteiger partial charge is 0.321 e. The number of benzene rings is 2. The number of nitrogens with one attached hydrogen (secondary N) is 1. The second-order valence-electron chi connectivity index (χ2n) is 7.14. The number of hydrogen-bond donors (Lipinski definition) is 1. The average Bonchev–Trinajstić information content (AvgIpc) is 3.30. The lowest BCUT2D eigenvalue weighted by atomic mass is 9.98. The van der Waals surface area contributed by atoms with E-state index in [1.165, 1.54) is 0 Å². The summed E-state index contributed by atoms with van der Waals surface area (Å²) in [7, 11) is 3.22. The summed E-state index contributed by atoms with van der Waals surface area (Å²) in [5.74, 6) is 2.49. The van der Waals surface area contributed by atoms with Gasteiger partial charge in [-0.3, -0.25) is 0 Å². The topological polar surface area (TPSA) is 89.7 Å². The first kappa shape index (κ1) is 19.8. The third kappa shape index (κ3) is 4.37. The van der Waals surface area contributed by atoms with E-state index < -0.39 is 0 Å². The van der Waals surface area contributed by atoms with Gasteiger partial charge in [-0.1, -0.05) is 23.4 Å². The largest absolute Gasteiger partial charge is 0.497 e. The second kappa shape index (κ2) is 8.86. The van der Waals surface area contributed by atoms with Crippen LogP contribution >= 0.6 is 0 Å². The first-order chi connectivity index (χ1) is 14.7. The summed E-state index contributed by atoms with van der Waals surface area (Å²) >= 11 is 0. The maximum absolute atomic E-state index is 12.7. The Morgan fingerprint density at radius 2 is 1.90 bits per heavy atom. The zero-order valence-electron chi connectivity index (χ0n) is 17.0. The molecular formula is C22H24N4O4. The van der Waals surface area contributed by atoms with E-state index in [0.717, 1.165) is 24.2 Å². The number of likely N-dealkylation sites (tertiary alicyclic amines) is 1. The van der Waals surface area contributed by atoms with Crippen molar-refractivity contribution in [2.75, 3.05) is 32.6 Å². The van der Waals surface area contributed by atoms with Gasteiger partial charge in [-0.15, -0.1) is 0 Å². The number of rotatable bonds is 5. The summed E-state index contributed by atoms with van der Waals surface area (Å²) in [5, 5.41) is 7.05. The quantitative estimate of drug-likeness (QED) is 0.682. The lowest BCUT2D eigenvalue weighted by Gasteiger charge is -2.31. The van der Waals surface area contributed by atoms with Gasteiger partial charge in [0.2, 0.25) is 11.7 Å². The van der Waals surface area contributed by atoms with Gasteiger partial charge in [-0.2, -0.15) is 4.98 Å². The van der Waals surface area contributed by atoms with Crippen molar-refractivity contribution in [2.45, 2.75) is 18.8 Å². The van der Waals surface area contributed by atoms with Gasteiger partial charge in [0, 0.05) is 30.4 Å². The van der Waals surface area contributed by atoms with Crippen molar-refractivity contribution < 1.29 is 18.8 Å². The van der Waals surface area contributed by atoms with Crippen molar-refractivity contribution in [2.24, 2.45) is 0 Å². The fraction of sp³-hybridized carbons (Fsp3) is 0.318. The first-order valence-corrected chi connectivity index (χ1v) is 9.84. The van der Waals surface area contributed by atoms with Crippen LogP contribution in [0.15, 0.2) is 53.1 Å². The molecule has 2 aromatic carbocycles. The van der Waals surface area contributed by atoms with Gasteiger partial charge in [0.1, 0.15) is 11.5 Å². The molecule has 1 fully saturated rings. The molecule has 0 bridgehead atoms. The molecule has 0 aliphatic carbocycles. The van der Waals surface area contributed by atoms with Gasteiger partial charge in [0.15, 0.2) is 0 Å². The van der Waals surface area contributed by atoms with E-state index in [9.17, 15) is 4.79 Å². The number of amides is 2. The summed E-state index contributed by atoms with van der Waals surface area (Å²) < 4.78 is 16.0. The number of piperidine rings is 1. The Kier molecular flexibility index (Phi) is 5.83. The number of carbonyl (C=O) groups is 1. The van der Waals surface area contributed by atoms with Crippen LogP contribution in [0.2, 0.25) is 0 Å². The Hall–Kier alpha value is -3.55. The first-order valence-electron chi connectivity index (χ1n) is 9.84. The van der Waals surface area contributed by atoms with Crippen LogP contribution in [-0.2, 0) is 0 Å². The van der Waals surface area contributed by atoms with Crippen molar-refractivity contribution in [3.63, 3.8) is 0 Å². The van der Waals surface area contributed by atoms with Crippen LogP contribution in [0.3, 0.4) is 0 Å². The molecule has 0 radical (unpaired) electrons. The molecule has 1 aromatic heterocycles. The van der Waals surface area contributed by atoms with Crippen molar-refractivity contribution in [1.29, 1.82) is 0 Å². The summed E-state index contributed by atoms with van der Waals surface area (Å²) in [6, 6.07) is 14.7. The van der Waals surface area contributed by atoms with Crippen LogP contribution in [0.5, 0.6) is 11.5 Å². The molecule has 1 aliphatic heterocycles. The second-order valence-corrected chi connectivity index (χ2v) is 7.14. The molecule has 8 heteroatoms. The fourth-order valence-electron chi connectivity index (χ4n) is 3.55. The molecule has 0 saturated carbocycles. The summed E-state index contributed by atoms with van der Waals surface area (Å²) in [6.45, 7) is 1.21. The maximum atomic E-state index is 12.7. The van der Waals surface area contributed by atoms with Crippen LogP contribution in [0.1, 0.15) is 24.7 Å². The number of urea groups is 1. The monoisotopic (exact) mass is 408 g/mol. The van der Waals surface area contributed by atoms with Crippen LogP contribution < -0.4 is 14.8 Å². The molecule has 0 spiro atoms. The van der Waals surface area contributed by atoms with E-state index in [2.05, 4.69) is 15.5 Å². The van der Waals surface area contributed by atoms with E-state index in [0.29, 0.717) is 36.2 Å². The number of methoxy groups -OCH3 is 2. The van der Waals surface area contributed by atoms with E-state index in [1.54, 1.807) is 25.2 Å². The molecular weight excluding hydrogens is 384 g/mol. The van der Waals surface area contributed by atoms with Crippen LogP contribution in [0, 0.1) is 0 Å². The number of ether oxygens (including phenoxy) is 2. The van der Waals surface area contributed by atoms with Crippen molar-refractivity contribution in [3.8, 4) is 22.9 Å². The van der Waals surface area contributed by atoms with Gasteiger partial charge in [-0.25, -0.2) is 4.79 Å². The number of nitrogens with zero attached hydrogens (tertiary/aromatic N) is 3. The van der Waals surface area contributed by atoms with Gasteiger partial charge >= 0.3 is 6.03 Å². The standard InChI is InChI=1S/C22H24N4O4/c1-28-18-9-3-6-15(12-18)20-24-21(30-25-20)16-7-5-11-26(14-16)22(27)23-17-8-4-10-19(13-17)29-2/h3-4,6,8-10,12-13,16H,5,7,11,14H2,1-2H3,(H,23,27). The van der Waals surface area contributed by atoms with Gasteiger partial charge < -0.3 is 24.2 Å². The van der Waals surface area contributed by atoms with E-state index >= 15 is 0 Å². The number of carbonyl (C=O) groups excluding carboxylic acids is 1. The maximum Gasteiger partial charge on any atom is 0.321 e. The molecule has 1 saturated heterocycles. The molecule has 30 heavy (non-hydrogen) atoms. The molecule has 3 aromatic rings. The number of anilines is 1. The number of hydrogen-bond acceptors (Lipinski definition) is 6. The third-order valence-electron chi connectivity index (χ3n) is 5.15. The molecule has 4 rings (SSSR count). The lowest BCUT2D eigenvalue weighted by molar-refractivity contribution is 0.184. The van der Waals surface area contributed by atoms with Crippen molar-refractivity contribution in [1.82, 2.24) is 15.0 Å². The Bertz CT molecular complexity index is 1020. The molecule has 2 heterocycles. The van der Waals surface area contributed by atoms with Crippen LogP contribution in [-0.4, -0.2) is 48.4 Å². The molecule has 1 unspecified atom stereocenters. The molecule has 2 amide bonds. The van der Waals surface area contributed by atoms with Gasteiger partial charge in [0.05, 0.1) is 20.1 Å². The Morgan fingerprint density at radius 3 is 2.70 bits per heavy atom. The summed E-state index contributed by atoms with van der Waals surface area (Å²) in [5.41, 5.74) is 1.52. The Balaban J connectivity index is 1.43. The van der Waals surface area contributed by atoms with E-state index in [4.69, 9.17) is 14.0 Å². The predicted molar refractivity (Wildman–Crippen MR) is 112 cm³/mol. The van der Waals surface area contributed by atoms with Crippen molar-refractivity contribution in [3.05, 3.63) is 54.4 Å². The predicted octanol–water partition coefficient (Wildman–Crippen LogP) is 4.17. The third-order valence-corrected chi connectivity index (χ3v) is 5.15. The Labute approximate surface area is 174 Å². The minimum absolute atomic E-state index is 0.00154. The van der Waals surface area contributed by atoms with Crippen LogP contribution in [0.4, 0.5) is 10.5 Å². The van der Waals surface area contributed by atoms with Crippen LogP contribution in [0.25, 0.3) is 11.4 Å². The van der Waals surface area contributed by atoms with E-state index in [1.807, 2.05) is 42.5 Å². The minimum atomic E-state index is -0.152. The zero-order valence-corrected chi connectivity index (χ0v) is 17.0. The number of aromatic nitrogens is 2. The minimum Gasteiger partial charge on any atom is -0.497 e. The SMILES string of the molecule is COc1cccc(NC(=O)N2CCCC(c3nc(-c4cccc(OC)c4)no3)C2)c1. The highest BCUT2D eigenvalue weighted by atomic mass is 16.5. The van der Waals surface area contributed by atoms with E-state index in [-0.39, 0.29) is 11.9 Å². The molecule has 156 valence electrons. The van der Waals surface area contributed by atoms with Crippen molar-refractivity contribution >= 4 is 11.7 Å². The zero-order chi connectivity index (χ0) is 20.9. The lowest BCUT2D eigenvalue weighted by Crippen LogP contribution is -2.41. The highest BCUT2D eigenvalue weighted by molar-refractivity contribution is 5.89. The Morgan fingerprint density at radius 1 is 1.13 bits per heavy atom. The highest BCUT2D eigenvalue weighted by Crippen LogP contribution is 2.29. The summed E-state index contributed by atoms with van der Waals surface area (Å²) in [4.78, 5) is 19.1. The van der Waals surface area contributed by atoms with Gasteiger partial charge in [-0.05, 0) is 37.1 Å². The normalized spacial score (nSPS) is 16.2. The molecule has 1 atom stereocenters. The molecule has 8 nitrogen and oxygen atoms in total. The summed E-state index contributed by atoms with van der Waals surface area (Å²) in [6.07, 6.45) is 1.76. The highest BCUT2D eigenvalue weighted by Gasteiger charge is 2.29. The van der Waals surface area contributed by atoms with Gasteiger partial charge in [0.25, 0.3) is 0 Å². The fourth-order valence-corrected chi connectivity index (χ4v) is 3.55. The average molecular weight is 408 g/mol.